The Bertz CT molecular complexity index is 1380. The van der Waals surface area contributed by atoms with Crippen LogP contribution in [0.2, 0.25) is 10.3 Å². The maximum atomic E-state index is 11.6. The summed E-state index contributed by atoms with van der Waals surface area (Å²) in [6.07, 6.45) is 2.41. The van der Waals surface area contributed by atoms with Gasteiger partial charge in [0.2, 0.25) is 0 Å². The summed E-state index contributed by atoms with van der Waals surface area (Å²) in [6, 6.07) is 0. The van der Waals surface area contributed by atoms with Gasteiger partial charge < -0.3 is 23.9 Å². The maximum Gasteiger partial charge on any atom is 0.303 e. The van der Waals surface area contributed by atoms with E-state index >= 15 is 0 Å². The first kappa shape index (κ1) is 25.6. The van der Waals surface area contributed by atoms with Gasteiger partial charge in [0.1, 0.15) is 29.8 Å². The van der Waals surface area contributed by atoms with Crippen LogP contribution in [0.5, 0.6) is 0 Å². The van der Waals surface area contributed by atoms with Crippen LogP contribution >= 0.6 is 23.2 Å². The van der Waals surface area contributed by atoms with Crippen molar-refractivity contribution in [2.24, 2.45) is 0 Å². The highest BCUT2D eigenvalue weighted by atomic mass is 35.5. The molecule has 0 aliphatic carbocycles. The molecule has 0 amide bonds. The Morgan fingerprint density at radius 1 is 1.00 bits per heavy atom. The summed E-state index contributed by atoms with van der Waals surface area (Å²) in [4.78, 5) is 49.7. The van der Waals surface area contributed by atoms with Crippen LogP contribution in [0.1, 0.15) is 20.1 Å². The summed E-state index contributed by atoms with van der Waals surface area (Å²) in [6.45, 7) is 2.66. The highest BCUT2D eigenvalue weighted by Gasteiger charge is 2.50. The Kier molecular flexibility index (Phi) is 7.88. The van der Waals surface area contributed by atoms with E-state index in [1.54, 1.807) is 4.57 Å². The number of ether oxygens (including phenoxy) is 4. The van der Waals surface area contributed by atoms with Crippen molar-refractivity contribution in [3.8, 4) is 0 Å². The number of hydrogen-bond donors (Lipinski definition) is 1. The molecular weight excluding hydrogens is 519 g/mol. The van der Waals surface area contributed by atoms with E-state index in [4.69, 9.17) is 42.1 Å². The second kappa shape index (κ2) is 11.1. The second-order valence-corrected chi connectivity index (χ2v) is 8.14. The number of fused-ring (bicyclic) bond motifs is 2. The van der Waals surface area contributed by atoms with Crippen molar-refractivity contribution in [1.29, 1.82) is 0 Å². The zero-order valence-electron chi connectivity index (χ0n) is 19.2. The van der Waals surface area contributed by atoms with Crippen molar-refractivity contribution in [2.45, 2.75) is 38.4 Å². The van der Waals surface area contributed by atoms with E-state index in [0.29, 0.717) is 27.5 Å². The minimum atomic E-state index is -0.914. The number of hydrogen-bond acceptors (Lipinski definition) is 12. The fourth-order valence-corrected chi connectivity index (χ4v) is 3.99. The summed E-state index contributed by atoms with van der Waals surface area (Å²) < 4.78 is 23.4. The molecule has 0 aromatic carbocycles. The molecule has 16 heteroatoms. The zero-order chi connectivity index (χ0) is 25.8. The van der Waals surface area contributed by atoms with Gasteiger partial charge in [-0.2, -0.15) is 0 Å². The van der Waals surface area contributed by atoms with E-state index in [0.717, 1.165) is 0 Å². The van der Waals surface area contributed by atoms with Gasteiger partial charge >= 0.3 is 11.9 Å². The smallest absolute Gasteiger partial charge is 0.303 e. The Hall–Kier alpha value is -3.46. The average molecular weight is 539 g/mol. The number of aromatic amines is 1. The maximum absolute atomic E-state index is 11.6. The standard InChI is InChI=1S/C15H17ClN4O6.C5H3ClN4/c1-7(21)24-11-9(4-23-3)26-15(12(11)25-8(2)22)20-6-19-10-13(16)17-5-18-14(10)20;6-4-3-5(9-1-7-3)10-2-8-4/h5-6,9,11-12,15H,4H2,1-3H3;1-2H,(H,7,8,9,10). The van der Waals surface area contributed by atoms with Crippen LogP contribution in [0, 0.1) is 0 Å². The van der Waals surface area contributed by atoms with Crippen molar-refractivity contribution in [3.05, 3.63) is 35.6 Å². The van der Waals surface area contributed by atoms with Gasteiger partial charge in [-0.3, -0.25) is 14.2 Å². The largest absolute Gasteiger partial charge is 0.456 e. The van der Waals surface area contributed by atoms with Gasteiger partial charge in [-0.05, 0) is 0 Å². The Labute approximate surface area is 213 Å². The van der Waals surface area contributed by atoms with Gasteiger partial charge in [-0.25, -0.2) is 29.9 Å². The van der Waals surface area contributed by atoms with Crippen LogP contribution in [0.4, 0.5) is 0 Å². The number of carbonyl (C=O) groups excluding carboxylic acids is 2. The number of rotatable bonds is 5. The molecule has 0 saturated carbocycles. The quantitative estimate of drug-likeness (QED) is 0.289. The van der Waals surface area contributed by atoms with Crippen LogP contribution in [0.15, 0.2) is 25.3 Å². The zero-order valence-corrected chi connectivity index (χ0v) is 20.7. The first-order chi connectivity index (χ1) is 17.3. The lowest BCUT2D eigenvalue weighted by atomic mass is 10.1. The number of esters is 2. The summed E-state index contributed by atoms with van der Waals surface area (Å²) in [5, 5.41) is 0.586. The van der Waals surface area contributed by atoms with Crippen LogP contribution in [-0.2, 0) is 28.5 Å². The molecule has 0 radical (unpaired) electrons. The third-order valence-corrected chi connectivity index (χ3v) is 5.55. The second-order valence-electron chi connectivity index (χ2n) is 7.42. The van der Waals surface area contributed by atoms with E-state index in [1.807, 2.05) is 0 Å². The molecule has 5 heterocycles. The molecule has 5 rings (SSSR count). The monoisotopic (exact) mass is 538 g/mol. The van der Waals surface area contributed by atoms with Crippen molar-refractivity contribution in [2.75, 3.05) is 13.7 Å². The summed E-state index contributed by atoms with van der Waals surface area (Å²) in [5.41, 5.74) is 2.05. The number of halogens is 2. The highest BCUT2D eigenvalue weighted by molar-refractivity contribution is 6.33. The number of H-pyrrole nitrogens is 1. The minimum Gasteiger partial charge on any atom is -0.456 e. The molecule has 0 spiro atoms. The molecule has 1 aliphatic rings. The van der Waals surface area contributed by atoms with Crippen molar-refractivity contribution >= 4 is 57.5 Å². The first-order valence-electron chi connectivity index (χ1n) is 10.4. The number of nitrogens with one attached hydrogen (secondary N) is 1. The van der Waals surface area contributed by atoms with Gasteiger partial charge in [-0.15, -0.1) is 0 Å². The lowest BCUT2D eigenvalue weighted by Crippen LogP contribution is -2.40. The molecule has 190 valence electrons. The molecule has 1 fully saturated rings. The summed E-state index contributed by atoms with van der Waals surface area (Å²) >= 11 is 11.7. The molecular formula is C20H20Cl2N8O6. The molecule has 1 N–H and O–H groups in total. The fourth-order valence-electron chi connectivity index (χ4n) is 3.63. The van der Waals surface area contributed by atoms with Gasteiger partial charge in [0, 0.05) is 21.0 Å². The Balaban J connectivity index is 0.000000251. The van der Waals surface area contributed by atoms with Crippen LogP contribution < -0.4 is 0 Å². The Morgan fingerprint density at radius 3 is 2.39 bits per heavy atom. The van der Waals surface area contributed by atoms with E-state index in [9.17, 15) is 9.59 Å². The summed E-state index contributed by atoms with van der Waals surface area (Å²) in [5.74, 6) is -1.07. The van der Waals surface area contributed by atoms with Crippen molar-refractivity contribution in [1.82, 2.24) is 39.5 Å². The predicted molar refractivity (Wildman–Crippen MR) is 124 cm³/mol. The number of carbonyl (C=O) groups is 2. The van der Waals surface area contributed by atoms with Crippen LogP contribution in [-0.4, -0.2) is 83.4 Å². The predicted octanol–water partition coefficient (Wildman–Crippen LogP) is 1.89. The molecule has 4 atom stereocenters. The molecule has 0 bridgehead atoms. The minimum absolute atomic E-state index is 0.134. The molecule has 4 unspecified atom stereocenters. The Morgan fingerprint density at radius 2 is 1.69 bits per heavy atom. The van der Waals surface area contributed by atoms with E-state index in [1.165, 1.54) is 46.3 Å². The molecule has 36 heavy (non-hydrogen) atoms. The third-order valence-electron chi connectivity index (χ3n) is 4.99. The van der Waals surface area contributed by atoms with E-state index in [2.05, 4.69) is 34.9 Å². The van der Waals surface area contributed by atoms with Crippen LogP contribution in [0.3, 0.4) is 0 Å². The van der Waals surface area contributed by atoms with E-state index < -0.39 is 36.5 Å². The molecule has 14 nitrogen and oxygen atoms in total. The van der Waals surface area contributed by atoms with Gasteiger partial charge in [0.05, 0.1) is 19.3 Å². The van der Waals surface area contributed by atoms with E-state index in [-0.39, 0.29) is 11.8 Å². The van der Waals surface area contributed by atoms with Gasteiger partial charge in [0.25, 0.3) is 0 Å². The molecule has 1 aliphatic heterocycles. The topological polar surface area (TPSA) is 169 Å². The highest BCUT2D eigenvalue weighted by Crippen LogP contribution is 2.36. The number of nitrogens with zero attached hydrogens (tertiary/aromatic N) is 7. The lowest BCUT2D eigenvalue weighted by Gasteiger charge is -2.23. The number of aromatic nitrogens is 8. The lowest BCUT2D eigenvalue weighted by molar-refractivity contribution is -0.165. The van der Waals surface area contributed by atoms with Gasteiger partial charge in [0.15, 0.2) is 40.0 Å². The number of methoxy groups -OCH3 is 1. The third kappa shape index (κ3) is 5.36. The van der Waals surface area contributed by atoms with Crippen molar-refractivity contribution < 1.29 is 28.5 Å². The fraction of sp³-hybridized carbons (Fsp3) is 0.400. The summed E-state index contributed by atoms with van der Waals surface area (Å²) in [7, 11) is 1.49. The average Bonchev–Trinajstić information content (AvgIpc) is 3.54. The van der Waals surface area contributed by atoms with Crippen LogP contribution in [0.25, 0.3) is 22.3 Å². The SMILES string of the molecule is COCC1OC(n2cnc3c(Cl)ncnc32)C(OC(C)=O)C1OC(C)=O.Clc1ncnc2nc[nH]c12. The molecule has 1 saturated heterocycles. The molecule has 4 aromatic rings. The van der Waals surface area contributed by atoms with Crippen molar-refractivity contribution in [3.63, 3.8) is 0 Å². The molecule has 4 aromatic heterocycles. The van der Waals surface area contributed by atoms with Gasteiger partial charge in [-0.1, -0.05) is 23.2 Å². The normalized spacial score (nSPS) is 21.2. The first-order valence-corrected chi connectivity index (χ1v) is 11.2. The number of imidazole rings is 2.